The van der Waals surface area contributed by atoms with Crippen molar-refractivity contribution in [3.8, 4) is 0 Å². The highest BCUT2D eigenvalue weighted by Crippen LogP contribution is 2.62. The standard InChI is InChI=1S/C19H25NO3S2/c1-4-7-12-10-18(23,11-15(21)22)19(24-2,25-3)17-16(12)13-8-5-6-9-14(13)20-17/h5-6,8-9,12,20,23H,4,7,10-11H2,1-3H3,(H,21,22). The number of carbonyl (C=O) groups is 1. The molecule has 4 nitrogen and oxygen atoms in total. The average Bonchev–Trinajstić information content (AvgIpc) is 2.95. The number of aliphatic carboxylic acids is 1. The summed E-state index contributed by atoms with van der Waals surface area (Å²) in [4.78, 5) is 15.1. The number of aromatic amines is 1. The summed E-state index contributed by atoms with van der Waals surface area (Å²) in [6.45, 7) is 2.13. The van der Waals surface area contributed by atoms with Gasteiger partial charge in [-0.15, -0.1) is 23.5 Å². The van der Waals surface area contributed by atoms with Crippen molar-refractivity contribution in [3.05, 3.63) is 35.5 Å². The lowest BCUT2D eigenvalue weighted by Crippen LogP contribution is -2.53. The number of aliphatic hydroxyl groups is 1. The maximum atomic E-state index is 11.6. The number of carboxylic acid groups (broad SMARTS) is 1. The van der Waals surface area contributed by atoms with Crippen molar-refractivity contribution >= 4 is 40.4 Å². The molecular weight excluding hydrogens is 354 g/mol. The van der Waals surface area contributed by atoms with Crippen LogP contribution in [0, 0.1) is 0 Å². The first-order chi connectivity index (χ1) is 11.9. The Kier molecular flexibility index (Phi) is 5.15. The van der Waals surface area contributed by atoms with Gasteiger partial charge in [0, 0.05) is 16.6 Å². The Morgan fingerprint density at radius 3 is 2.60 bits per heavy atom. The second kappa shape index (κ2) is 6.89. The lowest BCUT2D eigenvalue weighted by atomic mass is 9.72. The van der Waals surface area contributed by atoms with Crippen LogP contribution in [-0.4, -0.2) is 39.3 Å². The van der Waals surface area contributed by atoms with Crippen LogP contribution in [0.2, 0.25) is 0 Å². The van der Waals surface area contributed by atoms with Gasteiger partial charge >= 0.3 is 5.97 Å². The summed E-state index contributed by atoms with van der Waals surface area (Å²) in [6.07, 6.45) is 6.08. The number of para-hydroxylation sites is 1. The molecule has 1 heterocycles. The monoisotopic (exact) mass is 379 g/mol. The van der Waals surface area contributed by atoms with Crippen molar-refractivity contribution in [2.24, 2.45) is 0 Å². The van der Waals surface area contributed by atoms with Crippen molar-refractivity contribution in [1.82, 2.24) is 4.98 Å². The molecule has 0 fully saturated rings. The molecule has 2 unspecified atom stereocenters. The Morgan fingerprint density at radius 2 is 2.00 bits per heavy atom. The largest absolute Gasteiger partial charge is 0.481 e. The second-order valence-corrected chi connectivity index (χ2v) is 9.08. The second-order valence-electron chi connectivity index (χ2n) is 6.78. The molecule has 0 radical (unpaired) electrons. The molecule has 1 aliphatic carbocycles. The number of hydrogen-bond donors (Lipinski definition) is 3. The third-order valence-corrected chi connectivity index (χ3v) is 8.65. The van der Waals surface area contributed by atoms with Gasteiger partial charge in [-0.1, -0.05) is 31.5 Å². The smallest absolute Gasteiger partial charge is 0.306 e. The van der Waals surface area contributed by atoms with E-state index in [2.05, 4.69) is 24.0 Å². The van der Waals surface area contributed by atoms with Crippen molar-refractivity contribution in [1.29, 1.82) is 0 Å². The summed E-state index contributed by atoms with van der Waals surface area (Å²) in [5.41, 5.74) is 2.00. The van der Waals surface area contributed by atoms with E-state index < -0.39 is 15.6 Å². The number of nitrogens with one attached hydrogen (secondary N) is 1. The summed E-state index contributed by atoms with van der Waals surface area (Å²) in [6, 6.07) is 8.22. The molecule has 2 aromatic rings. The van der Waals surface area contributed by atoms with Crippen LogP contribution >= 0.6 is 23.5 Å². The van der Waals surface area contributed by atoms with E-state index in [9.17, 15) is 15.0 Å². The summed E-state index contributed by atoms with van der Waals surface area (Å²) >= 11 is 3.08. The van der Waals surface area contributed by atoms with Crippen LogP contribution in [0.3, 0.4) is 0 Å². The average molecular weight is 380 g/mol. The first-order valence-corrected chi connectivity index (χ1v) is 11.0. The van der Waals surface area contributed by atoms with Crippen LogP contribution in [-0.2, 0) is 8.87 Å². The van der Waals surface area contributed by atoms with E-state index in [1.165, 1.54) is 34.5 Å². The molecule has 1 aliphatic rings. The Bertz CT molecular complexity index is 784. The first kappa shape index (κ1) is 18.7. The van der Waals surface area contributed by atoms with E-state index in [-0.39, 0.29) is 12.3 Å². The first-order valence-electron chi connectivity index (χ1n) is 8.58. The highest BCUT2D eigenvalue weighted by Gasteiger charge is 2.58. The number of aromatic nitrogens is 1. The van der Waals surface area contributed by atoms with Crippen LogP contribution < -0.4 is 0 Å². The van der Waals surface area contributed by atoms with Gasteiger partial charge in [0.05, 0.1) is 6.42 Å². The fourth-order valence-electron chi connectivity index (χ4n) is 4.42. The molecular formula is C19H25NO3S2. The molecule has 0 aliphatic heterocycles. The lowest BCUT2D eigenvalue weighted by molar-refractivity contribution is -0.143. The zero-order chi connectivity index (χ0) is 18.2. The minimum Gasteiger partial charge on any atom is -0.481 e. The summed E-state index contributed by atoms with van der Waals surface area (Å²) in [7, 11) is 0. The van der Waals surface area contributed by atoms with E-state index in [0.29, 0.717) is 6.42 Å². The van der Waals surface area contributed by atoms with Crippen LogP contribution in [0.5, 0.6) is 0 Å². The van der Waals surface area contributed by atoms with Crippen LogP contribution in [0.1, 0.15) is 49.8 Å². The lowest BCUT2D eigenvalue weighted by Gasteiger charge is -2.50. The highest BCUT2D eigenvalue weighted by molar-refractivity contribution is 8.17. The molecule has 6 heteroatoms. The Labute approximate surface area is 156 Å². The number of hydrogen-bond acceptors (Lipinski definition) is 4. The molecule has 0 spiro atoms. The van der Waals surface area contributed by atoms with Gasteiger partial charge in [-0.05, 0) is 42.9 Å². The number of thioether (sulfide) groups is 2. The van der Waals surface area contributed by atoms with Gasteiger partial charge in [0.15, 0.2) is 0 Å². The van der Waals surface area contributed by atoms with Crippen molar-refractivity contribution in [2.45, 2.75) is 48.2 Å². The van der Waals surface area contributed by atoms with Gasteiger partial charge in [-0.25, -0.2) is 0 Å². The Balaban J connectivity index is 2.30. The van der Waals surface area contributed by atoms with E-state index in [0.717, 1.165) is 24.1 Å². The van der Waals surface area contributed by atoms with Crippen LogP contribution in [0.15, 0.2) is 24.3 Å². The van der Waals surface area contributed by atoms with E-state index >= 15 is 0 Å². The van der Waals surface area contributed by atoms with Gasteiger partial charge in [0.1, 0.15) is 9.68 Å². The maximum Gasteiger partial charge on any atom is 0.306 e. The van der Waals surface area contributed by atoms with Crippen LogP contribution in [0.4, 0.5) is 0 Å². The molecule has 25 heavy (non-hydrogen) atoms. The van der Waals surface area contributed by atoms with E-state index in [1.54, 1.807) is 0 Å². The maximum absolute atomic E-state index is 11.6. The van der Waals surface area contributed by atoms with Crippen molar-refractivity contribution in [3.63, 3.8) is 0 Å². The number of H-pyrrole nitrogens is 1. The van der Waals surface area contributed by atoms with E-state index in [1.807, 2.05) is 24.6 Å². The number of carboxylic acids is 1. The zero-order valence-electron chi connectivity index (χ0n) is 14.8. The minimum atomic E-state index is -1.30. The summed E-state index contributed by atoms with van der Waals surface area (Å²) in [5.74, 6) is -0.794. The Hall–Kier alpha value is -1.11. The number of benzene rings is 1. The molecule has 0 saturated heterocycles. The molecule has 136 valence electrons. The third-order valence-electron chi connectivity index (χ3n) is 5.34. The predicted octanol–water partition coefficient (Wildman–Crippen LogP) is 4.54. The molecule has 3 rings (SSSR count). The van der Waals surface area contributed by atoms with Crippen molar-refractivity contribution < 1.29 is 15.0 Å². The molecule has 0 bridgehead atoms. The quantitative estimate of drug-likeness (QED) is 0.643. The normalized spacial score (nSPS) is 25.0. The topological polar surface area (TPSA) is 73.3 Å². The highest BCUT2D eigenvalue weighted by atomic mass is 32.2. The minimum absolute atomic E-state index is 0.160. The van der Waals surface area contributed by atoms with Gasteiger partial charge < -0.3 is 15.2 Å². The fraction of sp³-hybridized carbons (Fsp3) is 0.526. The van der Waals surface area contributed by atoms with E-state index in [4.69, 9.17) is 0 Å². The number of fused-ring (bicyclic) bond motifs is 3. The fourth-order valence-corrected chi connectivity index (χ4v) is 6.89. The molecule has 0 amide bonds. The Morgan fingerprint density at radius 1 is 1.32 bits per heavy atom. The molecule has 1 aromatic heterocycles. The predicted molar refractivity (Wildman–Crippen MR) is 106 cm³/mol. The SMILES string of the molecule is CCCC1CC(O)(CC(=O)O)C(SC)(SC)c2[nH]c3ccccc3c21. The van der Waals surface area contributed by atoms with Crippen molar-refractivity contribution in [2.75, 3.05) is 12.5 Å². The van der Waals surface area contributed by atoms with Gasteiger partial charge in [-0.2, -0.15) is 0 Å². The third kappa shape index (κ3) is 2.78. The molecule has 3 N–H and O–H groups in total. The zero-order valence-corrected chi connectivity index (χ0v) is 16.5. The molecule has 2 atom stereocenters. The van der Waals surface area contributed by atoms with Gasteiger partial charge in [0.2, 0.25) is 0 Å². The molecule has 0 saturated carbocycles. The van der Waals surface area contributed by atoms with Gasteiger partial charge in [0.25, 0.3) is 0 Å². The molecule has 1 aromatic carbocycles. The number of rotatable bonds is 6. The van der Waals surface area contributed by atoms with Gasteiger partial charge in [-0.3, -0.25) is 4.79 Å². The summed E-state index contributed by atoms with van der Waals surface area (Å²) in [5, 5.41) is 22.2. The summed E-state index contributed by atoms with van der Waals surface area (Å²) < 4.78 is -0.718. The van der Waals surface area contributed by atoms with Crippen LogP contribution in [0.25, 0.3) is 10.9 Å².